The Bertz CT molecular complexity index is 701. The Kier molecular flexibility index (Phi) is 4.83. The molecule has 1 N–H and O–H groups in total. The molecule has 24 heavy (non-hydrogen) atoms. The van der Waals surface area contributed by atoms with Gasteiger partial charge in [-0.2, -0.15) is 9.36 Å². The fourth-order valence-electron chi connectivity index (χ4n) is 3.25. The lowest BCUT2D eigenvalue weighted by molar-refractivity contribution is 0.0600. The zero-order valence-electron chi connectivity index (χ0n) is 13.8. The van der Waals surface area contributed by atoms with Gasteiger partial charge in [-0.25, -0.2) is 8.78 Å². The smallest absolute Gasteiger partial charge is 0.205 e. The summed E-state index contributed by atoms with van der Waals surface area (Å²) >= 11 is 1.22. The molecular formula is C17H21F2N3OS. The molecular weight excluding hydrogens is 332 g/mol. The van der Waals surface area contributed by atoms with Crippen molar-refractivity contribution in [2.24, 2.45) is 11.3 Å². The molecule has 1 atom stereocenters. The van der Waals surface area contributed by atoms with Gasteiger partial charge in [-0.15, -0.1) is 0 Å². The number of anilines is 1. The van der Waals surface area contributed by atoms with Crippen molar-refractivity contribution in [2.45, 2.75) is 26.7 Å². The zero-order valence-corrected chi connectivity index (χ0v) is 14.6. The van der Waals surface area contributed by atoms with Crippen LogP contribution in [0.4, 0.5) is 13.9 Å². The average molecular weight is 353 g/mol. The minimum atomic E-state index is -0.640. The van der Waals surface area contributed by atoms with E-state index in [2.05, 4.69) is 28.1 Å². The van der Waals surface area contributed by atoms with E-state index in [0.717, 1.165) is 30.6 Å². The molecule has 1 aliphatic heterocycles. The van der Waals surface area contributed by atoms with Crippen LogP contribution in [-0.2, 0) is 0 Å². The lowest BCUT2D eigenvalue weighted by Crippen LogP contribution is -2.48. The van der Waals surface area contributed by atoms with Crippen molar-refractivity contribution in [1.29, 1.82) is 0 Å². The van der Waals surface area contributed by atoms with Gasteiger partial charge in [0.25, 0.3) is 0 Å². The first-order chi connectivity index (χ1) is 11.4. The molecule has 3 rings (SSSR count). The van der Waals surface area contributed by atoms with Gasteiger partial charge in [0.2, 0.25) is 5.13 Å². The monoisotopic (exact) mass is 353 g/mol. The maximum absolute atomic E-state index is 13.4. The summed E-state index contributed by atoms with van der Waals surface area (Å²) in [5, 5.41) is 10.6. The number of aliphatic hydroxyl groups excluding tert-OH is 1. The highest BCUT2D eigenvalue weighted by Crippen LogP contribution is 2.39. The van der Waals surface area contributed by atoms with Crippen molar-refractivity contribution < 1.29 is 13.9 Å². The van der Waals surface area contributed by atoms with E-state index >= 15 is 0 Å². The Morgan fingerprint density at radius 2 is 2.00 bits per heavy atom. The summed E-state index contributed by atoms with van der Waals surface area (Å²) in [4.78, 5) is 6.59. The van der Waals surface area contributed by atoms with E-state index < -0.39 is 11.6 Å². The molecule has 1 saturated heterocycles. The molecule has 130 valence electrons. The van der Waals surface area contributed by atoms with Gasteiger partial charge in [-0.05, 0) is 30.9 Å². The van der Waals surface area contributed by atoms with Crippen LogP contribution in [0.15, 0.2) is 18.2 Å². The molecule has 0 radical (unpaired) electrons. The van der Waals surface area contributed by atoms with E-state index in [4.69, 9.17) is 0 Å². The maximum Gasteiger partial charge on any atom is 0.205 e. The third-order valence-electron chi connectivity index (χ3n) is 4.95. The van der Waals surface area contributed by atoms with Crippen LogP contribution >= 0.6 is 11.5 Å². The highest BCUT2D eigenvalue weighted by atomic mass is 32.1. The predicted molar refractivity (Wildman–Crippen MR) is 91.1 cm³/mol. The van der Waals surface area contributed by atoms with Crippen LogP contribution in [-0.4, -0.2) is 34.2 Å². The number of aromatic nitrogens is 2. The summed E-state index contributed by atoms with van der Waals surface area (Å²) in [6.07, 6.45) is 1.96. The molecule has 4 nitrogen and oxygen atoms in total. The summed E-state index contributed by atoms with van der Waals surface area (Å²) in [7, 11) is 0. The Morgan fingerprint density at radius 3 is 2.62 bits per heavy atom. The quantitative estimate of drug-likeness (QED) is 0.910. The normalized spacial score (nSPS) is 21.5. The molecule has 1 unspecified atom stereocenters. The number of rotatable bonds is 4. The van der Waals surface area contributed by atoms with Gasteiger partial charge in [0.1, 0.15) is 11.6 Å². The van der Waals surface area contributed by atoms with Gasteiger partial charge in [-0.3, -0.25) is 0 Å². The number of aliphatic hydroxyl groups is 1. The van der Waals surface area contributed by atoms with Crippen LogP contribution in [0.5, 0.6) is 0 Å². The predicted octanol–water partition coefficient (Wildman–Crippen LogP) is 3.72. The Morgan fingerprint density at radius 1 is 1.29 bits per heavy atom. The van der Waals surface area contributed by atoms with Gasteiger partial charge in [0, 0.05) is 41.7 Å². The van der Waals surface area contributed by atoms with Crippen molar-refractivity contribution >= 4 is 16.7 Å². The Labute approximate surface area is 144 Å². The number of benzene rings is 1. The highest BCUT2D eigenvalue weighted by molar-refractivity contribution is 7.09. The summed E-state index contributed by atoms with van der Waals surface area (Å²) < 4.78 is 31.0. The van der Waals surface area contributed by atoms with E-state index in [-0.39, 0.29) is 12.0 Å². The first-order valence-corrected chi connectivity index (χ1v) is 8.87. The maximum atomic E-state index is 13.4. The van der Waals surface area contributed by atoms with Crippen LogP contribution < -0.4 is 4.90 Å². The average Bonchev–Trinajstić information content (AvgIpc) is 3.04. The molecule has 0 spiro atoms. The first-order valence-electron chi connectivity index (χ1n) is 8.09. The van der Waals surface area contributed by atoms with E-state index in [1.165, 1.54) is 23.7 Å². The van der Waals surface area contributed by atoms with Gasteiger partial charge in [0.05, 0.1) is 6.61 Å². The second-order valence-corrected chi connectivity index (χ2v) is 7.49. The molecule has 7 heteroatoms. The van der Waals surface area contributed by atoms with Crippen molar-refractivity contribution in [2.75, 3.05) is 24.6 Å². The van der Waals surface area contributed by atoms with E-state index in [9.17, 15) is 13.9 Å². The summed E-state index contributed by atoms with van der Waals surface area (Å²) in [6.45, 7) is 5.96. The minimum absolute atomic E-state index is 0.141. The molecule has 1 aromatic heterocycles. The topological polar surface area (TPSA) is 49.2 Å². The van der Waals surface area contributed by atoms with Crippen molar-refractivity contribution in [1.82, 2.24) is 9.36 Å². The molecule has 1 fully saturated rings. The summed E-state index contributed by atoms with van der Waals surface area (Å²) in [6, 6.07) is 3.30. The van der Waals surface area contributed by atoms with Crippen molar-refractivity contribution in [3.8, 4) is 11.4 Å². The van der Waals surface area contributed by atoms with Crippen LogP contribution in [0.1, 0.15) is 26.7 Å². The van der Waals surface area contributed by atoms with E-state index in [1.54, 1.807) is 0 Å². The molecule has 0 amide bonds. The number of nitrogens with zero attached hydrogens (tertiary/aromatic N) is 3. The third kappa shape index (κ3) is 3.28. The molecule has 1 aliphatic rings. The van der Waals surface area contributed by atoms with Crippen LogP contribution in [0.2, 0.25) is 0 Å². The van der Waals surface area contributed by atoms with Gasteiger partial charge >= 0.3 is 0 Å². The second kappa shape index (κ2) is 6.72. The minimum Gasteiger partial charge on any atom is -0.396 e. The van der Waals surface area contributed by atoms with Crippen LogP contribution in [0.25, 0.3) is 11.4 Å². The molecule has 2 aromatic rings. The summed E-state index contributed by atoms with van der Waals surface area (Å²) in [5.74, 6) is -0.593. The number of hydrogen-bond donors (Lipinski definition) is 1. The molecule has 1 aromatic carbocycles. The van der Waals surface area contributed by atoms with Crippen LogP contribution in [0.3, 0.4) is 0 Å². The largest absolute Gasteiger partial charge is 0.396 e. The molecule has 0 bridgehead atoms. The summed E-state index contributed by atoms with van der Waals surface area (Å²) in [5.41, 5.74) is 0.194. The third-order valence-corrected chi connectivity index (χ3v) is 5.73. The zero-order chi connectivity index (χ0) is 17.3. The highest BCUT2D eigenvalue weighted by Gasteiger charge is 2.38. The molecule has 0 saturated carbocycles. The van der Waals surface area contributed by atoms with Gasteiger partial charge in [-0.1, -0.05) is 13.8 Å². The lowest BCUT2D eigenvalue weighted by atomic mass is 9.72. The second-order valence-electron chi connectivity index (χ2n) is 6.76. The first kappa shape index (κ1) is 17.2. The Balaban J connectivity index is 1.85. The fraction of sp³-hybridized carbons (Fsp3) is 0.529. The number of halogens is 2. The van der Waals surface area contributed by atoms with E-state index in [1.807, 2.05) is 0 Å². The van der Waals surface area contributed by atoms with E-state index in [0.29, 0.717) is 23.9 Å². The number of piperidine rings is 1. The van der Waals surface area contributed by atoms with Crippen LogP contribution in [0, 0.1) is 23.0 Å². The standard InChI is InChI=1S/C17H21F2N3OS/c1-11(2)17(10-23)4-3-5-22(9-17)16-20-15(21-24-16)12-6-13(18)8-14(19)7-12/h6-8,11,23H,3-5,9-10H2,1-2H3. The number of hydrogen-bond acceptors (Lipinski definition) is 5. The fourth-order valence-corrected chi connectivity index (χ4v) is 3.96. The van der Waals surface area contributed by atoms with Crippen molar-refractivity contribution in [3.63, 3.8) is 0 Å². The van der Waals surface area contributed by atoms with Crippen molar-refractivity contribution in [3.05, 3.63) is 29.8 Å². The Hall–Kier alpha value is -1.60. The lowest BCUT2D eigenvalue weighted by Gasteiger charge is -2.44. The van der Waals surface area contributed by atoms with Gasteiger partial charge < -0.3 is 10.0 Å². The molecule has 2 heterocycles. The molecule has 0 aliphatic carbocycles. The van der Waals surface area contributed by atoms with Gasteiger partial charge in [0.15, 0.2) is 5.82 Å². The SMILES string of the molecule is CC(C)C1(CO)CCCN(c2nc(-c3cc(F)cc(F)c3)ns2)C1.